The molecule has 2 aliphatic heterocycles. The first-order valence-corrected chi connectivity index (χ1v) is 11.3. The van der Waals surface area contributed by atoms with Gasteiger partial charge in [-0.3, -0.25) is 4.79 Å². The van der Waals surface area contributed by atoms with Gasteiger partial charge in [-0.05, 0) is 49.3 Å². The minimum Gasteiger partial charge on any atom is -0.384 e. The number of benzene rings is 1. The van der Waals surface area contributed by atoms with Crippen molar-refractivity contribution in [1.29, 1.82) is 5.26 Å². The Bertz CT molecular complexity index is 853. The SMILES string of the molecule is CCC(CC)C(=O)N1CCC2(CC1)CN(c1ccc(C#N)c(C(F)(F)F)c1)CC2COC. The lowest BCUT2D eigenvalue weighted by Gasteiger charge is -2.43. The fraction of sp³-hybridized carbons (Fsp3) is 0.667. The topological polar surface area (TPSA) is 56.6 Å². The first-order valence-electron chi connectivity index (χ1n) is 11.3. The molecule has 0 N–H and O–H groups in total. The van der Waals surface area contributed by atoms with Crippen LogP contribution in [0.25, 0.3) is 0 Å². The van der Waals surface area contributed by atoms with Gasteiger partial charge in [-0.2, -0.15) is 18.4 Å². The van der Waals surface area contributed by atoms with Gasteiger partial charge in [-0.1, -0.05) is 13.8 Å². The number of likely N-dealkylation sites (tertiary alicyclic amines) is 1. The summed E-state index contributed by atoms with van der Waals surface area (Å²) in [4.78, 5) is 16.7. The summed E-state index contributed by atoms with van der Waals surface area (Å²) in [6.07, 6.45) is -1.29. The van der Waals surface area contributed by atoms with Crippen LogP contribution in [0.1, 0.15) is 50.7 Å². The summed E-state index contributed by atoms with van der Waals surface area (Å²) >= 11 is 0. The van der Waals surface area contributed by atoms with E-state index >= 15 is 0 Å². The zero-order chi connectivity index (χ0) is 23.5. The number of alkyl halides is 3. The number of methoxy groups -OCH3 is 1. The molecule has 32 heavy (non-hydrogen) atoms. The quantitative estimate of drug-likeness (QED) is 0.629. The van der Waals surface area contributed by atoms with E-state index in [1.807, 2.05) is 23.6 Å². The maximum Gasteiger partial charge on any atom is 0.417 e. The van der Waals surface area contributed by atoms with Gasteiger partial charge in [0.05, 0.1) is 23.8 Å². The molecule has 1 atom stereocenters. The number of nitrogens with zero attached hydrogens (tertiary/aromatic N) is 3. The number of hydrogen-bond acceptors (Lipinski definition) is 4. The molecule has 1 aromatic rings. The molecule has 2 fully saturated rings. The number of rotatable bonds is 6. The third kappa shape index (κ3) is 4.73. The summed E-state index contributed by atoms with van der Waals surface area (Å²) in [6.45, 7) is 7.16. The Hall–Kier alpha value is -2.27. The van der Waals surface area contributed by atoms with Crippen LogP contribution in [-0.4, -0.2) is 50.7 Å². The van der Waals surface area contributed by atoms with Crippen LogP contribution in [0.4, 0.5) is 18.9 Å². The Morgan fingerprint density at radius 1 is 1.28 bits per heavy atom. The number of hydrogen-bond donors (Lipinski definition) is 0. The van der Waals surface area contributed by atoms with Crippen molar-refractivity contribution >= 4 is 11.6 Å². The highest BCUT2D eigenvalue weighted by atomic mass is 19.4. The normalized spacial score (nSPS) is 20.8. The van der Waals surface area contributed by atoms with Gasteiger partial charge in [0.1, 0.15) is 0 Å². The maximum absolute atomic E-state index is 13.5. The van der Waals surface area contributed by atoms with Crippen molar-refractivity contribution in [3.63, 3.8) is 0 Å². The number of ether oxygens (including phenoxy) is 1. The van der Waals surface area contributed by atoms with Crippen molar-refractivity contribution in [1.82, 2.24) is 4.90 Å². The van der Waals surface area contributed by atoms with Crippen LogP contribution in [0.15, 0.2) is 18.2 Å². The Morgan fingerprint density at radius 3 is 2.47 bits per heavy atom. The van der Waals surface area contributed by atoms with Crippen LogP contribution in [0.5, 0.6) is 0 Å². The van der Waals surface area contributed by atoms with Crippen molar-refractivity contribution < 1.29 is 22.7 Å². The van der Waals surface area contributed by atoms with Crippen molar-refractivity contribution in [2.45, 2.75) is 45.7 Å². The number of amides is 1. The van der Waals surface area contributed by atoms with Crippen molar-refractivity contribution in [2.24, 2.45) is 17.3 Å². The van der Waals surface area contributed by atoms with Crippen LogP contribution in [0, 0.1) is 28.6 Å². The summed E-state index contributed by atoms with van der Waals surface area (Å²) in [5.74, 6) is 0.436. The van der Waals surface area contributed by atoms with Crippen LogP contribution in [-0.2, 0) is 15.7 Å². The van der Waals surface area contributed by atoms with Crippen LogP contribution >= 0.6 is 0 Å². The molecule has 1 spiro atoms. The summed E-state index contributed by atoms with van der Waals surface area (Å²) in [5, 5.41) is 9.08. The van der Waals surface area contributed by atoms with E-state index in [0.29, 0.717) is 38.5 Å². The summed E-state index contributed by atoms with van der Waals surface area (Å²) in [7, 11) is 1.64. The molecule has 2 heterocycles. The fourth-order valence-corrected chi connectivity index (χ4v) is 5.36. The molecule has 1 unspecified atom stereocenters. The molecule has 1 amide bonds. The Morgan fingerprint density at radius 2 is 1.94 bits per heavy atom. The number of anilines is 1. The zero-order valence-corrected chi connectivity index (χ0v) is 19.0. The second-order valence-corrected chi connectivity index (χ2v) is 9.07. The second kappa shape index (κ2) is 9.70. The van der Waals surface area contributed by atoms with Gasteiger partial charge in [0.25, 0.3) is 0 Å². The van der Waals surface area contributed by atoms with Crippen molar-refractivity contribution in [3.05, 3.63) is 29.3 Å². The minimum absolute atomic E-state index is 0.0540. The number of carbonyl (C=O) groups excluding carboxylic acids is 1. The van der Waals surface area contributed by atoms with Gasteiger partial charge in [0, 0.05) is 50.8 Å². The molecule has 176 valence electrons. The highest BCUT2D eigenvalue weighted by Crippen LogP contribution is 2.47. The third-order valence-electron chi connectivity index (χ3n) is 7.38. The molecule has 1 aromatic carbocycles. The molecule has 5 nitrogen and oxygen atoms in total. The van der Waals surface area contributed by atoms with Gasteiger partial charge >= 0.3 is 6.18 Å². The van der Waals surface area contributed by atoms with Gasteiger partial charge < -0.3 is 14.5 Å². The van der Waals surface area contributed by atoms with Crippen LogP contribution in [0.3, 0.4) is 0 Å². The average molecular weight is 452 g/mol. The number of piperidine rings is 1. The van der Waals surface area contributed by atoms with Crippen molar-refractivity contribution in [2.75, 3.05) is 44.8 Å². The van der Waals surface area contributed by atoms with E-state index in [1.165, 1.54) is 6.07 Å². The summed E-state index contributed by atoms with van der Waals surface area (Å²) < 4.78 is 45.9. The van der Waals surface area contributed by atoms with Gasteiger partial charge in [0.15, 0.2) is 0 Å². The first kappa shape index (κ1) is 24.4. The lowest BCUT2D eigenvalue weighted by molar-refractivity contribution is -0.139. The van der Waals surface area contributed by atoms with Crippen LogP contribution < -0.4 is 4.90 Å². The highest BCUT2D eigenvalue weighted by molar-refractivity contribution is 5.78. The molecular weight excluding hydrogens is 419 g/mol. The van der Waals surface area contributed by atoms with Gasteiger partial charge in [-0.25, -0.2) is 0 Å². The summed E-state index contributed by atoms with van der Waals surface area (Å²) in [6, 6.07) is 5.59. The molecule has 2 aliphatic rings. The third-order valence-corrected chi connectivity index (χ3v) is 7.38. The number of nitriles is 1. The molecular formula is C24H32F3N3O2. The molecule has 0 aliphatic carbocycles. The van der Waals surface area contributed by atoms with E-state index in [1.54, 1.807) is 19.2 Å². The minimum atomic E-state index is -4.58. The van der Waals surface area contributed by atoms with E-state index < -0.39 is 11.7 Å². The Kier molecular flexibility index (Phi) is 7.39. The zero-order valence-electron chi connectivity index (χ0n) is 19.0. The first-order chi connectivity index (χ1) is 15.2. The Labute approximate surface area is 188 Å². The smallest absolute Gasteiger partial charge is 0.384 e. The molecule has 8 heteroatoms. The monoisotopic (exact) mass is 451 g/mol. The standard InChI is InChI=1S/C24H32F3N3O2/c1-4-17(5-2)22(31)29-10-8-23(9-11-29)16-30(14-19(23)15-32-3)20-7-6-18(13-28)21(12-20)24(25,26)27/h6-7,12,17,19H,4-5,8-11,14-16H2,1-3H3. The molecule has 3 rings (SSSR count). The van der Waals surface area contributed by atoms with E-state index in [2.05, 4.69) is 0 Å². The van der Waals surface area contributed by atoms with E-state index in [0.717, 1.165) is 31.7 Å². The van der Waals surface area contributed by atoms with Crippen LogP contribution in [0.2, 0.25) is 0 Å². The van der Waals surface area contributed by atoms with Gasteiger partial charge in [-0.15, -0.1) is 0 Å². The number of halogens is 3. The molecule has 0 radical (unpaired) electrons. The molecule has 0 aromatic heterocycles. The van der Waals surface area contributed by atoms with E-state index in [9.17, 15) is 18.0 Å². The summed E-state index contributed by atoms with van der Waals surface area (Å²) in [5.41, 5.74) is -0.887. The average Bonchev–Trinajstić information content (AvgIpc) is 3.11. The van der Waals surface area contributed by atoms with Gasteiger partial charge in [0.2, 0.25) is 5.91 Å². The number of carbonyl (C=O) groups is 1. The Balaban J connectivity index is 1.80. The predicted molar refractivity (Wildman–Crippen MR) is 116 cm³/mol. The molecule has 0 saturated carbocycles. The molecule has 0 bridgehead atoms. The van der Waals surface area contributed by atoms with E-state index in [-0.39, 0.29) is 28.7 Å². The highest BCUT2D eigenvalue weighted by Gasteiger charge is 2.49. The fourth-order valence-electron chi connectivity index (χ4n) is 5.36. The maximum atomic E-state index is 13.5. The lowest BCUT2D eigenvalue weighted by Crippen LogP contribution is -2.48. The lowest BCUT2D eigenvalue weighted by atomic mass is 9.71. The van der Waals surface area contributed by atoms with Crippen molar-refractivity contribution in [3.8, 4) is 6.07 Å². The second-order valence-electron chi connectivity index (χ2n) is 9.07. The van der Waals surface area contributed by atoms with E-state index in [4.69, 9.17) is 10.00 Å². The predicted octanol–water partition coefficient (Wildman–Crippen LogP) is 4.70. The largest absolute Gasteiger partial charge is 0.417 e. The molecule has 2 saturated heterocycles.